The summed E-state index contributed by atoms with van der Waals surface area (Å²) in [5.41, 5.74) is 1.84. The van der Waals surface area contributed by atoms with Gasteiger partial charge < -0.3 is 9.30 Å². The van der Waals surface area contributed by atoms with Gasteiger partial charge in [-0.3, -0.25) is 4.79 Å². The van der Waals surface area contributed by atoms with Crippen molar-refractivity contribution in [3.05, 3.63) is 62.5 Å². The Kier molecular flexibility index (Phi) is 3.87. The van der Waals surface area contributed by atoms with Gasteiger partial charge >= 0.3 is 0 Å². The molecule has 0 aliphatic heterocycles. The predicted octanol–water partition coefficient (Wildman–Crippen LogP) is 2.98. The molecule has 1 aromatic carbocycles. The van der Waals surface area contributed by atoms with Gasteiger partial charge in [0.1, 0.15) is 5.75 Å². The highest BCUT2D eigenvalue weighted by Crippen LogP contribution is 2.13. The summed E-state index contributed by atoms with van der Waals surface area (Å²) in [5.74, 6) is 0.816. The number of halogens is 1. The minimum Gasteiger partial charge on any atom is -0.497 e. The van der Waals surface area contributed by atoms with Gasteiger partial charge in [0.05, 0.1) is 13.7 Å². The summed E-state index contributed by atoms with van der Waals surface area (Å²) in [6, 6.07) is 9.53. The number of nitrogens with zero attached hydrogens (tertiary/aromatic N) is 1. The van der Waals surface area contributed by atoms with Crippen LogP contribution in [0.4, 0.5) is 0 Å². The van der Waals surface area contributed by atoms with E-state index in [4.69, 9.17) is 4.74 Å². The molecule has 0 spiro atoms. The van der Waals surface area contributed by atoms with Gasteiger partial charge in [-0.2, -0.15) is 0 Å². The van der Waals surface area contributed by atoms with E-state index in [1.54, 1.807) is 17.9 Å². The van der Waals surface area contributed by atoms with Gasteiger partial charge in [0.2, 0.25) is 0 Å². The van der Waals surface area contributed by atoms with Crippen LogP contribution in [0.25, 0.3) is 0 Å². The maximum atomic E-state index is 12.0. The summed E-state index contributed by atoms with van der Waals surface area (Å²) in [7, 11) is 1.64. The summed E-state index contributed by atoms with van der Waals surface area (Å²) in [6.45, 7) is 2.38. The third-order valence-corrected chi connectivity index (χ3v) is 3.18. The quantitative estimate of drug-likeness (QED) is 0.873. The molecule has 0 bridgehead atoms. The Morgan fingerprint density at radius 1 is 1.28 bits per heavy atom. The lowest BCUT2D eigenvalue weighted by Gasteiger charge is -2.08. The van der Waals surface area contributed by atoms with E-state index in [1.165, 1.54) is 0 Å². The van der Waals surface area contributed by atoms with Crippen LogP contribution in [0.2, 0.25) is 0 Å². The molecule has 0 saturated carbocycles. The number of hydrogen-bond donors (Lipinski definition) is 0. The number of aromatic nitrogens is 1. The number of pyridine rings is 1. The van der Waals surface area contributed by atoms with Crippen LogP contribution >= 0.6 is 15.9 Å². The highest BCUT2D eigenvalue weighted by atomic mass is 79.9. The van der Waals surface area contributed by atoms with E-state index < -0.39 is 0 Å². The first kappa shape index (κ1) is 12.9. The molecule has 0 fully saturated rings. The second-order valence-corrected chi connectivity index (χ2v) is 5.04. The van der Waals surface area contributed by atoms with Gasteiger partial charge in [-0.25, -0.2) is 0 Å². The zero-order chi connectivity index (χ0) is 13.1. The number of aryl methyl sites for hydroxylation is 1. The number of benzene rings is 1. The van der Waals surface area contributed by atoms with Crippen molar-refractivity contribution in [3.8, 4) is 5.75 Å². The molecule has 0 aliphatic carbocycles. The van der Waals surface area contributed by atoms with Crippen LogP contribution in [0.3, 0.4) is 0 Å². The van der Waals surface area contributed by atoms with Crippen molar-refractivity contribution in [2.75, 3.05) is 7.11 Å². The molecule has 0 N–H and O–H groups in total. The molecule has 18 heavy (non-hydrogen) atoms. The largest absolute Gasteiger partial charge is 0.497 e. The van der Waals surface area contributed by atoms with Crippen molar-refractivity contribution >= 4 is 15.9 Å². The van der Waals surface area contributed by atoms with E-state index in [2.05, 4.69) is 15.9 Å². The van der Waals surface area contributed by atoms with Gasteiger partial charge in [-0.1, -0.05) is 12.1 Å². The molecule has 0 saturated heterocycles. The Hall–Kier alpha value is -1.55. The van der Waals surface area contributed by atoms with Gasteiger partial charge in [0.15, 0.2) is 0 Å². The van der Waals surface area contributed by atoms with E-state index >= 15 is 0 Å². The number of hydrogen-bond acceptors (Lipinski definition) is 2. The van der Waals surface area contributed by atoms with E-state index in [-0.39, 0.29) is 5.56 Å². The fraction of sp³-hybridized carbons (Fsp3) is 0.214. The topological polar surface area (TPSA) is 31.2 Å². The van der Waals surface area contributed by atoms with Crippen molar-refractivity contribution < 1.29 is 4.74 Å². The normalized spacial score (nSPS) is 10.4. The minimum absolute atomic E-state index is 0.0361. The molecule has 0 amide bonds. The van der Waals surface area contributed by atoms with Crippen LogP contribution in [0.5, 0.6) is 5.75 Å². The summed E-state index contributed by atoms with van der Waals surface area (Å²) < 4.78 is 7.71. The monoisotopic (exact) mass is 307 g/mol. The molecule has 94 valence electrons. The Bertz CT molecular complexity index is 602. The lowest BCUT2D eigenvalue weighted by atomic mass is 10.2. The number of rotatable bonds is 3. The Labute approximate surface area is 114 Å². The van der Waals surface area contributed by atoms with Gasteiger partial charge in [-0.15, -0.1) is 0 Å². The third kappa shape index (κ3) is 2.82. The molecular weight excluding hydrogens is 294 g/mol. The molecule has 0 atom stereocenters. The summed E-state index contributed by atoms with van der Waals surface area (Å²) >= 11 is 3.40. The Balaban J connectivity index is 2.31. The fourth-order valence-corrected chi connectivity index (χ4v) is 2.38. The Morgan fingerprint density at radius 3 is 2.56 bits per heavy atom. The fourth-order valence-electron chi connectivity index (χ4n) is 1.78. The first-order chi connectivity index (χ1) is 8.60. The van der Waals surface area contributed by atoms with Gasteiger partial charge in [0.25, 0.3) is 5.56 Å². The summed E-state index contributed by atoms with van der Waals surface area (Å²) in [5, 5.41) is 0. The number of ether oxygens (including phenoxy) is 1. The lowest BCUT2D eigenvalue weighted by molar-refractivity contribution is 0.414. The molecule has 2 aromatic rings. The van der Waals surface area contributed by atoms with E-state index in [0.717, 1.165) is 21.3 Å². The van der Waals surface area contributed by atoms with Crippen LogP contribution in [0.1, 0.15) is 11.1 Å². The van der Waals surface area contributed by atoms with Crippen LogP contribution in [0.15, 0.2) is 45.8 Å². The van der Waals surface area contributed by atoms with E-state index in [0.29, 0.717) is 6.54 Å². The van der Waals surface area contributed by atoms with Gasteiger partial charge in [-0.05, 0) is 46.6 Å². The van der Waals surface area contributed by atoms with Gasteiger partial charge in [0, 0.05) is 16.2 Å². The molecule has 1 heterocycles. The molecular formula is C14H14BrNO2. The second kappa shape index (κ2) is 5.40. The van der Waals surface area contributed by atoms with Crippen LogP contribution < -0.4 is 10.3 Å². The Morgan fingerprint density at radius 2 is 1.94 bits per heavy atom. The molecule has 1 aromatic heterocycles. The average molecular weight is 308 g/mol. The molecule has 4 heteroatoms. The average Bonchev–Trinajstić information content (AvgIpc) is 2.36. The second-order valence-electron chi connectivity index (χ2n) is 4.12. The maximum absolute atomic E-state index is 12.0. The highest BCUT2D eigenvalue weighted by molar-refractivity contribution is 9.10. The van der Waals surface area contributed by atoms with E-state index in [1.807, 2.05) is 37.3 Å². The summed E-state index contributed by atoms with van der Waals surface area (Å²) in [4.78, 5) is 12.0. The smallest absolute Gasteiger partial charge is 0.253 e. The van der Waals surface area contributed by atoms with Crippen LogP contribution in [-0.4, -0.2) is 11.7 Å². The van der Waals surface area contributed by atoms with Crippen molar-refractivity contribution in [3.63, 3.8) is 0 Å². The zero-order valence-corrected chi connectivity index (χ0v) is 11.9. The van der Waals surface area contributed by atoms with Crippen LogP contribution in [-0.2, 0) is 6.54 Å². The lowest BCUT2D eigenvalue weighted by Crippen LogP contribution is -2.22. The van der Waals surface area contributed by atoms with Crippen LogP contribution in [0, 0.1) is 6.92 Å². The highest BCUT2D eigenvalue weighted by Gasteiger charge is 2.03. The number of methoxy groups -OCH3 is 1. The molecule has 0 radical (unpaired) electrons. The zero-order valence-electron chi connectivity index (χ0n) is 10.3. The predicted molar refractivity (Wildman–Crippen MR) is 75.2 cm³/mol. The van der Waals surface area contributed by atoms with Crippen molar-refractivity contribution in [1.29, 1.82) is 0 Å². The first-order valence-corrected chi connectivity index (χ1v) is 6.39. The minimum atomic E-state index is 0.0361. The molecule has 3 nitrogen and oxygen atoms in total. The molecule has 0 aliphatic rings. The first-order valence-electron chi connectivity index (χ1n) is 5.59. The third-order valence-electron chi connectivity index (χ3n) is 2.74. The van der Waals surface area contributed by atoms with Crippen molar-refractivity contribution in [2.24, 2.45) is 0 Å². The standard InChI is InChI=1S/C14H14BrNO2/c1-10-7-12(15)9-16(14(10)17)8-11-3-5-13(18-2)6-4-11/h3-7,9H,8H2,1-2H3. The molecule has 2 rings (SSSR count). The SMILES string of the molecule is COc1ccc(Cn2cc(Br)cc(C)c2=O)cc1. The van der Waals surface area contributed by atoms with Crippen molar-refractivity contribution in [2.45, 2.75) is 13.5 Å². The molecule has 0 unspecified atom stereocenters. The van der Waals surface area contributed by atoms with Crippen molar-refractivity contribution in [1.82, 2.24) is 4.57 Å². The maximum Gasteiger partial charge on any atom is 0.253 e. The van der Waals surface area contributed by atoms with E-state index in [9.17, 15) is 4.79 Å². The summed E-state index contributed by atoms with van der Waals surface area (Å²) in [6.07, 6.45) is 1.81.